The van der Waals surface area contributed by atoms with E-state index >= 15 is 0 Å². The number of thiophene rings is 1. The van der Waals surface area contributed by atoms with Crippen molar-refractivity contribution in [2.75, 3.05) is 13.1 Å². The van der Waals surface area contributed by atoms with Crippen LogP contribution in [0.4, 0.5) is 0 Å². The zero-order valence-electron chi connectivity index (χ0n) is 15.7. The van der Waals surface area contributed by atoms with Crippen molar-refractivity contribution >= 4 is 23.2 Å². The second kappa shape index (κ2) is 8.52. The molecule has 27 heavy (non-hydrogen) atoms. The van der Waals surface area contributed by atoms with E-state index in [1.54, 1.807) is 12.1 Å². The number of aromatic amines is 1. The molecule has 144 valence electrons. The van der Waals surface area contributed by atoms with Crippen LogP contribution in [0.25, 0.3) is 10.6 Å². The van der Waals surface area contributed by atoms with Crippen LogP contribution in [0.2, 0.25) is 0 Å². The lowest BCUT2D eigenvalue weighted by atomic mass is 10.0. The molecule has 3 rings (SSSR count). The molecule has 7 heteroatoms. The second-order valence-electron chi connectivity index (χ2n) is 7.32. The van der Waals surface area contributed by atoms with E-state index in [1.807, 2.05) is 36.3 Å². The van der Waals surface area contributed by atoms with Gasteiger partial charge in [0.15, 0.2) is 0 Å². The van der Waals surface area contributed by atoms with E-state index in [0.29, 0.717) is 44.0 Å². The molecular weight excluding hydrogens is 362 g/mol. The highest BCUT2D eigenvalue weighted by Crippen LogP contribution is 2.21. The molecule has 0 saturated carbocycles. The second-order valence-corrected chi connectivity index (χ2v) is 8.27. The largest absolute Gasteiger partial charge is 0.349 e. The molecule has 0 aliphatic carbocycles. The van der Waals surface area contributed by atoms with Crippen molar-refractivity contribution in [2.24, 2.45) is 5.92 Å². The van der Waals surface area contributed by atoms with E-state index in [1.165, 1.54) is 11.3 Å². The molecule has 0 atom stereocenters. The molecule has 0 radical (unpaired) electrons. The van der Waals surface area contributed by atoms with Crippen molar-refractivity contribution in [3.63, 3.8) is 0 Å². The number of carbonyl (C=O) groups excluding carboxylic acids is 2. The topological polar surface area (TPSA) is 82.3 Å². The van der Waals surface area contributed by atoms with Crippen LogP contribution in [-0.4, -0.2) is 40.8 Å². The number of H-pyrrole nitrogens is 1. The highest BCUT2D eigenvalue weighted by molar-refractivity contribution is 7.13. The van der Waals surface area contributed by atoms with Gasteiger partial charge in [-0.2, -0.15) is 0 Å². The summed E-state index contributed by atoms with van der Waals surface area (Å²) >= 11 is 1.53. The normalized spacial score (nSPS) is 15.1. The van der Waals surface area contributed by atoms with E-state index in [9.17, 15) is 14.4 Å². The zero-order chi connectivity index (χ0) is 19.4. The minimum Gasteiger partial charge on any atom is -0.349 e. The quantitative estimate of drug-likeness (QED) is 0.828. The first-order valence-corrected chi connectivity index (χ1v) is 10.2. The van der Waals surface area contributed by atoms with Crippen LogP contribution in [0.5, 0.6) is 0 Å². The molecule has 1 aliphatic rings. The third-order valence-electron chi connectivity index (χ3n) is 4.71. The van der Waals surface area contributed by atoms with Gasteiger partial charge in [-0.05, 0) is 42.3 Å². The SMILES string of the molecule is CC(C)CC(=O)N1CCC(NC(=O)c2ccc(-c3cccs3)[nH]c2=O)CC1. The van der Waals surface area contributed by atoms with Gasteiger partial charge in [-0.15, -0.1) is 11.3 Å². The summed E-state index contributed by atoms with van der Waals surface area (Å²) in [7, 11) is 0. The predicted octanol–water partition coefficient (Wildman–Crippen LogP) is 2.87. The molecule has 0 aromatic carbocycles. The van der Waals surface area contributed by atoms with Gasteiger partial charge in [0.1, 0.15) is 5.56 Å². The maximum Gasteiger partial charge on any atom is 0.261 e. The Morgan fingerprint density at radius 2 is 2.00 bits per heavy atom. The zero-order valence-corrected chi connectivity index (χ0v) is 16.5. The van der Waals surface area contributed by atoms with Crippen molar-refractivity contribution in [1.29, 1.82) is 0 Å². The minimum absolute atomic E-state index is 0.0167. The van der Waals surface area contributed by atoms with Gasteiger partial charge in [0.2, 0.25) is 5.91 Å². The molecule has 6 nitrogen and oxygen atoms in total. The van der Waals surface area contributed by atoms with Gasteiger partial charge in [-0.25, -0.2) is 0 Å². The fourth-order valence-corrected chi connectivity index (χ4v) is 3.95. The summed E-state index contributed by atoms with van der Waals surface area (Å²) in [6, 6.07) is 7.15. The van der Waals surface area contributed by atoms with Crippen LogP contribution in [-0.2, 0) is 4.79 Å². The Labute approximate surface area is 162 Å². The van der Waals surface area contributed by atoms with E-state index < -0.39 is 0 Å². The number of piperidine rings is 1. The number of likely N-dealkylation sites (tertiary alicyclic amines) is 1. The van der Waals surface area contributed by atoms with Crippen LogP contribution in [0.15, 0.2) is 34.4 Å². The maximum atomic E-state index is 12.5. The Hall–Kier alpha value is -2.41. The Kier molecular flexibility index (Phi) is 6.11. The van der Waals surface area contributed by atoms with Crippen molar-refractivity contribution in [3.8, 4) is 10.6 Å². The molecule has 2 aromatic heterocycles. The Balaban J connectivity index is 1.57. The molecule has 1 aliphatic heterocycles. The Morgan fingerprint density at radius 3 is 2.59 bits per heavy atom. The molecule has 0 spiro atoms. The monoisotopic (exact) mass is 387 g/mol. The standard InChI is InChI=1S/C20H25N3O3S/c1-13(2)12-18(24)23-9-7-14(8-10-23)21-19(25)15-5-6-16(22-20(15)26)17-4-3-11-27-17/h3-6,11,13-14H,7-10,12H2,1-2H3,(H,21,25)(H,22,26). The predicted molar refractivity (Wildman–Crippen MR) is 107 cm³/mol. The number of nitrogens with zero attached hydrogens (tertiary/aromatic N) is 1. The number of carbonyl (C=O) groups is 2. The highest BCUT2D eigenvalue weighted by Gasteiger charge is 2.25. The first kappa shape index (κ1) is 19.4. The van der Waals surface area contributed by atoms with Crippen LogP contribution >= 0.6 is 11.3 Å². The summed E-state index contributed by atoms with van der Waals surface area (Å²) in [6.07, 6.45) is 1.98. The van der Waals surface area contributed by atoms with Crippen LogP contribution in [0.1, 0.15) is 43.5 Å². The summed E-state index contributed by atoms with van der Waals surface area (Å²) in [5.41, 5.74) is 0.445. The van der Waals surface area contributed by atoms with E-state index in [0.717, 1.165) is 4.88 Å². The van der Waals surface area contributed by atoms with E-state index in [-0.39, 0.29) is 29.0 Å². The molecule has 2 amide bonds. The molecule has 0 unspecified atom stereocenters. The summed E-state index contributed by atoms with van der Waals surface area (Å²) in [5, 5.41) is 4.87. The summed E-state index contributed by atoms with van der Waals surface area (Å²) < 4.78 is 0. The third-order valence-corrected chi connectivity index (χ3v) is 5.61. The number of hydrogen-bond acceptors (Lipinski definition) is 4. The smallest absolute Gasteiger partial charge is 0.261 e. The van der Waals surface area contributed by atoms with Gasteiger partial charge in [-0.3, -0.25) is 14.4 Å². The lowest BCUT2D eigenvalue weighted by Crippen LogP contribution is -2.47. The number of hydrogen-bond donors (Lipinski definition) is 2. The van der Waals surface area contributed by atoms with Crippen LogP contribution in [0, 0.1) is 5.92 Å². The number of amides is 2. The summed E-state index contributed by atoms with van der Waals surface area (Å²) in [4.78, 5) is 42.5. The molecule has 3 heterocycles. The van der Waals surface area contributed by atoms with Gasteiger partial charge in [0, 0.05) is 25.6 Å². The lowest BCUT2D eigenvalue weighted by molar-refractivity contribution is -0.133. The maximum absolute atomic E-state index is 12.5. The van der Waals surface area contributed by atoms with E-state index in [4.69, 9.17) is 0 Å². The third kappa shape index (κ3) is 4.86. The van der Waals surface area contributed by atoms with Crippen LogP contribution < -0.4 is 10.9 Å². The summed E-state index contributed by atoms with van der Waals surface area (Å²) in [6.45, 7) is 5.35. The molecule has 1 fully saturated rings. The van der Waals surface area contributed by atoms with Gasteiger partial charge in [0.25, 0.3) is 11.5 Å². The molecule has 2 N–H and O–H groups in total. The lowest BCUT2D eigenvalue weighted by Gasteiger charge is -2.32. The molecular formula is C20H25N3O3S. The first-order chi connectivity index (χ1) is 12.9. The molecule has 2 aromatic rings. The van der Waals surface area contributed by atoms with Crippen molar-refractivity contribution in [2.45, 2.75) is 39.2 Å². The number of rotatable bonds is 5. The fraction of sp³-hybridized carbons (Fsp3) is 0.450. The van der Waals surface area contributed by atoms with Crippen molar-refractivity contribution < 1.29 is 9.59 Å². The highest BCUT2D eigenvalue weighted by atomic mass is 32.1. The molecule has 1 saturated heterocycles. The van der Waals surface area contributed by atoms with Gasteiger partial charge in [0.05, 0.1) is 10.6 Å². The van der Waals surface area contributed by atoms with Crippen molar-refractivity contribution in [1.82, 2.24) is 15.2 Å². The minimum atomic E-state index is -0.386. The van der Waals surface area contributed by atoms with Gasteiger partial charge in [-0.1, -0.05) is 19.9 Å². The van der Waals surface area contributed by atoms with Gasteiger partial charge < -0.3 is 15.2 Å². The van der Waals surface area contributed by atoms with E-state index in [2.05, 4.69) is 10.3 Å². The van der Waals surface area contributed by atoms with Crippen molar-refractivity contribution in [3.05, 3.63) is 45.6 Å². The Bertz CT molecular complexity index is 850. The molecule has 0 bridgehead atoms. The number of aromatic nitrogens is 1. The number of nitrogens with one attached hydrogen (secondary N) is 2. The van der Waals surface area contributed by atoms with Gasteiger partial charge >= 0.3 is 0 Å². The summed E-state index contributed by atoms with van der Waals surface area (Å²) in [5.74, 6) is 0.162. The average Bonchev–Trinajstić information content (AvgIpc) is 3.16. The number of pyridine rings is 1. The van der Waals surface area contributed by atoms with Crippen LogP contribution in [0.3, 0.4) is 0 Å². The Morgan fingerprint density at radius 1 is 1.26 bits per heavy atom. The fourth-order valence-electron chi connectivity index (χ4n) is 3.24. The average molecular weight is 388 g/mol. The first-order valence-electron chi connectivity index (χ1n) is 9.30.